The van der Waals surface area contributed by atoms with Gasteiger partial charge in [0, 0.05) is 5.25 Å². The van der Waals surface area contributed by atoms with E-state index in [2.05, 4.69) is 31.2 Å². The van der Waals surface area contributed by atoms with Gasteiger partial charge in [0.25, 0.3) is 0 Å². The summed E-state index contributed by atoms with van der Waals surface area (Å²) in [5.41, 5.74) is 0. The maximum Gasteiger partial charge on any atom is 3.00 e. The molecule has 1 rings (SSSR count). The molecule has 0 nitrogen and oxygen atoms in total. The summed E-state index contributed by atoms with van der Waals surface area (Å²) in [5.74, 6) is 0.958. The molecule has 0 amide bonds. The van der Waals surface area contributed by atoms with Gasteiger partial charge in [-0.15, -0.1) is 5.75 Å². The van der Waals surface area contributed by atoms with Crippen LogP contribution in [-0.2, 0) is 26.2 Å². The second-order valence-corrected chi connectivity index (χ2v) is 2.89. The van der Waals surface area contributed by atoms with Gasteiger partial charge in [0.05, 0.1) is 0 Å². The van der Waals surface area contributed by atoms with Crippen LogP contribution >= 0.6 is 11.8 Å². The van der Waals surface area contributed by atoms with E-state index in [9.17, 15) is 0 Å². The molecule has 0 aromatic rings. The SMILES string of the molecule is [CH2-]CSC1C=CC=C1.[Cl-].[Cl-].[Zr+3]. The molecule has 11 heavy (non-hydrogen) atoms. The molecule has 0 saturated heterocycles. The van der Waals surface area contributed by atoms with Gasteiger partial charge >= 0.3 is 26.2 Å². The standard InChI is InChI=1S/C7H9S.2ClH.Zr/c1-2-8-7-5-3-4-6-7;;;/h3-7H,1-2H2;2*1H;/q-1;;;+3/p-2. The Kier molecular flexibility index (Phi) is 18.6. The molecule has 1 aliphatic rings. The fourth-order valence-electron chi connectivity index (χ4n) is 0.659. The molecule has 0 spiro atoms. The van der Waals surface area contributed by atoms with Gasteiger partial charge in [0.2, 0.25) is 0 Å². The van der Waals surface area contributed by atoms with Gasteiger partial charge in [0.15, 0.2) is 0 Å². The average molecular weight is 287 g/mol. The Morgan fingerprint density at radius 2 is 1.64 bits per heavy atom. The number of thioether (sulfide) groups is 1. The van der Waals surface area contributed by atoms with E-state index in [-0.39, 0.29) is 51.0 Å². The Labute approximate surface area is 104 Å². The van der Waals surface area contributed by atoms with Gasteiger partial charge in [-0.1, -0.05) is 24.3 Å². The van der Waals surface area contributed by atoms with Crippen LogP contribution in [0.4, 0.5) is 0 Å². The molecule has 1 aliphatic carbocycles. The summed E-state index contributed by atoms with van der Waals surface area (Å²) in [5, 5.41) is 0.604. The molecular weight excluding hydrogens is 278 g/mol. The molecule has 0 N–H and O–H groups in total. The topological polar surface area (TPSA) is 0 Å². The summed E-state index contributed by atoms with van der Waals surface area (Å²) in [6.07, 6.45) is 8.51. The zero-order valence-corrected chi connectivity index (χ0v) is 10.8. The number of halogens is 2. The van der Waals surface area contributed by atoms with Crippen molar-refractivity contribution in [3.8, 4) is 0 Å². The molecule has 0 aliphatic heterocycles. The van der Waals surface area contributed by atoms with E-state index in [1.165, 1.54) is 0 Å². The van der Waals surface area contributed by atoms with Crippen molar-refractivity contribution in [3.05, 3.63) is 31.2 Å². The molecule has 0 fully saturated rings. The Morgan fingerprint density at radius 1 is 1.18 bits per heavy atom. The van der Waals surface area contributed by atoms with Crippen LogP contribution in [0.3, 0.4) is 0 Å². The molecule has 0 aromatic carbocycles. The molecule has 1 radical (unpaired) electrons. The van der Waals surface area contributed by atoms with Crippen LogP contribution in [0.15, 0.2) is 24.3 Å². The first kappa shape index (κ1) is 18.2. The largest absolute Gasteiger partial charge is 3.00 e. The van der Waals surface area contributed by atoms with Crippen LogP contribution in [0.25, 0.3) is 0 Å². The van der Waals surface area contributed by atoms with Gasteiger partial charge in [-0.25, -0.2) is 0 Å². The van der Waals surface area contributed by atoms with Crippen molar-refractivity contribution >= 4 is 11.8 Å². The summed E-state index contributed by atoms with van der Waals surface area (Å²) in [6, 6.07) is 0. The molecule has 0 bridgehead atoms. The first-order valence-corrected chi connectivity index (χ1v) is 3.74. The summed E-state index contributed by atoms with van der Waals surface area (Å²) in [7, 11) is 0. The smallest absolute Gasteiger partial charge is 1.00 e. The Bertz CT molecular complexity index is 114. The van der Waals surface area contributed by atoms with E-state index >= 15 is 0 Å². The van der Waals surface area contributed by atoms with E-state index in [0.717, 1.165) is 5.75 Å². The first-order valence-electron chi connectivity index (χ1n) is 2.69. The van der Waals surface area contributed by atoms with Gasteiger partial charge < -0.3 is 31.7 Å². The molecule has 0 unspecified atom stereocenters. The zero-order chi connectivity index (χ0) is 5.82. The first-order chi connectivity index (χ1) is 3.93. The van der Waals surface area contributed by atoms with Crippen LogP contribution in [-0.4, -0.2) is 11.0 Å². The fourth-order valence-corrected chi connectivity index (χ4v) is 1.33. The van der Waals surface area contributed by atoms with E-state index in [4.69, 9.17) is 0 Å². The van der Waals surface area contributed by atoms with Crippen molar-refractivity contribution in [2.24, 2.45) is 0 Å². The predicted octanol–water partition coefficient (Wildman–Crippen LogP) is -3.95. The second-order valence-electron chi connectivity index (χ2n) is 1.61. The molecule has 4 heteroatoms. The zero-order valence-electron chi connectivity index (χ0n) is 5.97. The van der Waals surface area contributed by atoms with Crippen LogP contribution in [0.5, 0.6) is 0 Å². The number of hydrogen-bond acceptors (Lipinski definition) is 1. The van der Waals surface area contributed by atoms with E-state index in [1.54, 1.807) is 0 Å². The fraction of sp³-hybridized carbons (Fsp3) is 0.286. The maximum atomic E-state index is 3.74. The minimum atomic E-state index is 0. The van der Waals surface area contributed by atoms with Gasteiger partial charge in [-0.2, -0.15) is 11.8 Å². The van der Waals surface area contributed by atoms with Crippen LogP contribution < -0.4 is 24.8 Å². The average Bonchev–Trinajstić information content (AvgIpc) is 2.19. The van der Waals surface area contributed by atoms with Gasteiger partial charge in [0.1, 0.15) is 0 Å². The quantitative estimate of drug-likeness (QED) is 0.467. The molecule has 0 aromatic heterocycles. The van der Waals surface area contributed by atoms with E-state index in [1.807, 2.05) is 11.8 Å². The van der Waals surface area contributed by atoms with Gasteiger partial charge in [-0.05, 0) is 0 Å². The Balaban J connectivity index is -0.000000213. The second kappa shape index (κ2) is 11.3. The minimum Gasteiger partial charge on any atom is -1.00 e. The molecular formula is C7H9Cl2SZr. The number of rotatable bonds is 2. The van der Waals surface area contributed by atoms with Crippen LogP contribution in [0.1, 0.15) is 0 Å². The molecule has 0 saturated carbocycles. The third kappa shape index (κ3) is 7.65. The van der Waals surface area contributed by atoms with Crippen molar-refractivity contribution in [2.45, 2.75) is 5.25 Å². The number of hydrogen-bond donors (Lipinski definition) is 0. The third-order valence-corrected chi connectivity index (χ3v) is 1.96. The Morgan fingerprint density at radius 3 is 2.00 bits per heavy atom. The predicted molar refractivity (Wildman–Crippen MR) is 39.9 cm³/mol. The van der Waals surface area contributed by atoms with Crippen LogP contribution in [0.2, 0.25) is 0 Å². The summed E-state index contributed by atoms with van der Waals surface area (Å²) in [6.45, 7) is 3.74. The monoisotopic (exact) mass is 285 g/mol. The van der Waals surface area contributed by atoms with Gasteiger partial charge in [-0.3, -0.25) is 0 Å². The summed E-state index contributed by atoms with van der Waals surface area (Å²) in [4.78, 5) is 0. The van der Waals surface area contributed by atoms with Crippen molar-refractivity contribution in [2.75, 3.05) is 5.75 Å². The van der Waals surface area contributed by atoms with Crippen LogP contribution in [0, 0.1) is 6.92 Å². The van der Waals surface area contributed by atoms with E-state index < -0.39 is 0 Å². The third-order valence-electron chi connectivity index (χ3n) is 1.02. The Hall–Kier alpha value is 1.29. The molecule has 61 valence electrons. The van der Waals surface area contributed by atoms with Crippen molar-refractivity contribution in [1.82, 2.24) is 0 Å². The van der Waals surface area contributed by atoms with Crippen molar-refractivity contribution in [3.63, 3.8) is 0 Å². The summed E-state index contributed by atoms with van der Waals surface area (Å²) >= 11 is 1.85. The van der Waals surface area contributed by atoms with Crippen molar-refractivity contribution < 1.29 is 51.0 Å². The normalized spacial score (nSPS) is 13.2. The summed E-state index contributed by atoms with van der Waals surface area (Å²) < 4.78 is 0. The number of allylic oxidation sites excluding steroid dienone is 2. The maximum absolute atomic E-state index is 3.74. The molecule has 0 atom stereocenters. The van der Waals surface area contributed by atoms with E-state index in [0.29, 0.717) is 5.25 Å². The molecule has 0 heterocycles. The van der Waals surface area contributed by atoms with Crippen molar-refractivity contribution in [1.29, 1.82) is 0 Å². The minimum absolute atomic E-state index is 0.